The van der Waals surface area contributed by atoms with Crippen LogP contribution < -0.4 is 0 Å². The van der Waals surface area contributed by atoms with Gasteiger partial charge in [0, 0.05) is 5.02 Å². The van der Waals surface area contributed by atoms with Crippen molar-refractivity contribution in [3.8, 4) is 0 Å². The van der Waals surface area contributed by atoms with E-state index in [4.69, 9.17) is 11.6 Å². The smallest absolute Gasteiger partial charge is 0.112 e. The Kier molecular flexibility index (Phi) is 3.71. The normalized spacial score (nSPS) is 14.2. The highest BCUT2D eigenvalue weighted by molar-refractivity contribution is 6.31. The van der Waals surface area contributed by atoms with Crippen LogP contribution in [0, 0.1) is 20.8 Å². The molecule has 0 radical (unpaired) electrons. The van der Waals surface area contributed by atoms with E-state index in [-0.39, 0.29) is 0 Å². The minimum atomic E-state index is -1.03. The molecular formula is C17H19ClO. The summed E-state index contributed by atoms with van der Waals surface area (Å²) < 4.78 is 0. The van der Waals surface area contributed by atoms with E-state index in [1.807, 2.05) is 43.3 Å². The summed E-state index contributed by atoms with van der Waals surface area (Å²) in [5.74, 6) is 0. The van der Waals surface area contributed by atoms with Gasteiger partial charge in [-0.15, -0.1) is 0 Å². The fraction of sp³-hybridized carbons (Fsp3) is 0.294. The molecule has 0 saturated carbocycles. The van der Waals surface area contributed by atoms with E-state index in [9.17, 15) is 5.11 Å². The molecule has 2 heteroatoms. The molecule has 2 aromatic rings. The van der Waals surface area contributed by atoms with Gasteiger partial charge in [0.15, 0.2) is 0 Å². The molecule has 0 aromatic heterocycles. The Morgan fingerprint density at radius 3 is 1.89 bits per heavy atom. The van der Waals surface area contributed by atoms with Gasteiger partial charge < -0.3 is 5.11 Å². The molecule has 2 aromatic carbocycles. The molecule has 0 saturated heterocycles. The first-order valence-corrected chi connectivity index (χ1v) is 6.77. The number of rotatable bonds is 2. The SMILES string of the molecule is Cc1ccc(C(C)(O)c2ccc(C)c(Cl)c2)cc1C. The van der Waals surface area contributed by atoms with E-state index in [1.54, 1.807) is 6.92 Å². The van der Waals surface area contributed by atoms with Crippen LogP contribution in [-0.2, 0) is 5.60 Å². The molecule has 1 atom stereocenters. The number of hydrogen-bond acceptors (Lipinski definition) is 1. The van der Waals surface area contributed by atoms with Crippen molar-refractivity contribution < 1.29 is 5.11 Å². The van der Waals surface area contributed by atoms with Crippen molar-refractivity contribution in [3.63, 3.8) is 0 Å². The molecule has 1 N–H and O–H groups in total. The summed E-state index contributed by atoms with van der Waals surface area (Å²) in [5.41, 5.74) is 4.08. The van der Waals surface area contributed by atoms with Gasteiger partial charge in [-0.3, -0.25) is 0 Å². The average Bonchev–Trinajstić information content (AvgIpc) is 2.35. The number of halogens is 1. The van der Waals surface area contributed by atoms with Gasteiger partial charge in [0.25, 0.3) is 0 Å². The Balaban J connectivity index is 2.51. The molecule has 2 rings (SSSR count). The summed E-state index contributed by atoms with van der Waals surface area (Å²) >= 11 is 6.15. The predicted octanol–water partition coefficient (Wildman–Crippen LogP) is 4.52. The highest BCUT2D eigenvalue weighted by Gasteiger charge is 2.26. The summed E-state index contributed by atoms with van der Waals surface area (Å²) in [4.78, 5) is 0. The highest BCUT2D eigenvalue weighted by Crippen LogP contribution is 2.32. The molecule has 1 unspecified atom stereocenters. The maximum Gasteiger partial charge on any atom is 0.112 e. The summed E-state index contributed by atoms with van der Waals surface area (Å²) in [6.07, 6.45) is 0. The maximum absolute atomic E-state index is 10.8. The minimum Gasteiger partial charge on any atom is -0.381 e. The molecule has 100 valence electrons. The Morgan fingerprint density at radius 1 is 0.842 bits per heavy atom. The number of aryl methyl sites for hydroxylation is 3. The Labute approximate surface area is 119 Å². The van der Waals surface area contributed by atoms with Crippen molar-refractivity contribution in [2.75, 3.05) is 0 Å². The number of aliphatic hydroxyl groups is 1. The van der Waals surface area contributed by atoms with E-state index in [0.29, 0.717) is 5.02 Å². The zero-order chi connectivity index (χ0) is 14.2. The van der Waals surface area contributed by atoms with E-state index < -0.39 is 5.60 Å². The number of hydrogen-bond donors (Lipinski definition) is 1. The molecule has 0 aliphatic rings. The topological polar surface area (TPSA) is 20.2 Å². The minimum absolute atomic E-state index is 0.682. The first-order valence-electron chi connectivity index (χ1n) is 6.39. The lowest BCUT2D eigenvalue weighted by Gasteiger charge is -2.26. The third kappa shape index (κ3) is 2.68. The Bertz CT molecular complexity index is 561. The molecule has 0 spiro atoms. The van der Waals surface area contributed by atoms with Crippen LogP contribution >= 0.6 is 11.6 Å². The largest absolute Gasteiger partial charge is 0.381 e. The van der Waals surface area contributed by atoms with Gasteiger partial charge in [-0.05, 0) is 61.6 Å². The zero-order valence-corrected chi connectivity index (χ0v) is 12.5. The summed E-state index contributed by atoms with van der Waals surface area (Å²) in [5, 5.41) is 11.5. The van der Waals surface area contributed by atoms with Crippen LogP contribution in [0.4, 0.5) is 0 Å². The van der Waals surface area contributed by atoms with E-state index in [0.717, 1.165) is 16.7 Å². The van der Waals surface area contributed by atoms with Crippen molar-refractivity contribution in [1.82, 2.24) is 0 Å². The third-order valence-electron chi connectivity index (χ3n) is 3.80. The lowest BCUT2D eigenvalue weighted by molar-refractivity contribution is 0.102. The van der Waals surface area contributed by atoms with Crippen molar-refractivity contribution in [1.29, 1.82) is 0 Å². The second-order valence-corrected chi connectivity index (χ2v) is 5.74. The molecule has 19 heavy (non-hydrogen) atoms. The lowest BCUT2D eigenvalue weighted by Crippen LogP contribution is -2.23. The van der Waals surface area contributed by atoms with Gasteiger partial charge in [-0.1, -0.05) is 41.9 Å². The summed E-state index contributed by atoms with van der Waals surface area (Å²) in [6.45, 7) is 7.88. The van der Waals surface area contributed by atoms with Crippen molar-refractivity contribution in [3.05, 3.63) is 69.2 Å². The van der Waals surface area contributed by atoms with Crippen LogP contribution in [-0.4, -0.2) is 5.11 Å². The molecule has 0 aliphatic heterocycles. The summed E-state index contributed by atoms with van der Waals surface area (Å²) in [7, 11) is 0. The second kappa shape index (κ2) is 4.99. The van der Waals surface area contributed by atoms with Crippen LogP contribution in [0.5, 0.6) is 0 Å². The van der Waals surface area contributed by atoms with Gasteiger partial charge in [0.05, 0.1) is 0 Å². The Hall–Kier alpha value is -1.31. The Morgan fingerprint density at radius 2 is 1.37 bits per heavy atom. The van der Waals surface area contributed by atoms with Crippen LogP contribution in [0.25, 0.3) is 0 Å². The predicted molar refractivity (Wildman–Crippen MR) is 80.8 cm³/mol. The fourth-order valence-corrected chi connectivity index (χ4v) is 2.29. The molecule has 0 heterocycles. The molecule has 0 fully saturated rings. The molecule has 1 nitrogen and oxygen atoms in total. The van der Waals surface area contributed by atoms with Gasteiger partial charge in [-0.25, -0.2) is 0 Å². The summed E-state index contributed by atoms with van der Waals surface area (Å²) in [6, 6.07) is 11.7. The zero-order valence-electron chi connectivity index (χ0n) is 11.8. The molecule has 0 bridgehead atoms. The molecule has 0 aliphatic carbocycles. The number of benzene rings is 2. The van der Waals surface area contributed by atoms with E-state index >= 15 is 0 Å². The molecular weight excluding hydrogens is 256 g/mol. The molecule has 0 amide bonds. The average molecular weight is 275 g/mol. The van der Waals surface area contributed by atoms with E-state index in [2.05, 4.69) is 13.8 Å². The van der Waals surface area contributed by atoms with Gasteiger partial charge in [0.1, 0.15) is 5.60 Å². The van der Waals surface area contributed by atoms with Crippen LogP contribution in [0.15, 0.2) is 36.4 Å². The maximum atomic E-state index is 10.8. The van der Waals surface area contributed by atoms with Crippen molar-refractivity contribution in [2.45, 2.75) is 33.3 Å². The van der Waals surface area contributed by atoms with Gasteiger partial charge in [0.2, 0.25) is 0 Å². The standard InChI is InChI=1S/C17H19ClO/c1-11-5-7-14(9-13(11)3)17(4,19)15-8-6-12(2)16(18)10-15/h5-10,19H,1-4H3. The van der Waals surface area contributed by atoms with Crippen molar-refractivity contribution >= 4 is 11.6 Å². The van der Waals surface area contributed by atoms with Gasteiger partial charge >= 0.3 is 0 Å². The lowest BCUT2D eigenvalue weighted by atomic mass is 9.86. The fourth-order valence-electron chi connectivity index (χ4n) is 2.11. The van der Waals surface area contributed by atoms with Crippen LogP contribution in [0.3, 0.4) is 0 Å². The first kappa shape index (κ1) is 14.1. The van der Waals surface area contributed by atoms with E-state index in [1.165, 1.54) is 11.1 Å². The van der Waals surface area contributed by atoms with Crippen LogP contribution in [0.1, 0.15) is 34.7 Å². The van der Waals surface area contributed by atoms with Crippen molar-refractivity contribution in [2.24, 2.45) is 0 Å². The monoisotopic (exact) mass is 274 g/mol. The highest BCUT2D eigenvalue weighted by atomic mass is 35.5. The second-order valence-electron chi connectivity index (χ2n) is 5.34. The van der Waals surface area contributed by atoms with Crippen LogP contribution in [0.2, 0.25) is 5.02 Å². The first-order chi connectivity index (χ1) is 8.82. The van der Waals surface area contributed by atoms with Gasteiger partial charge in [-0.2, -0.15) is 0 Å². The third-order valence-corrected chi connectivity index (χ3v) is 4.21. The quantitative estimate of drug-likeness (QED) is 0.854.